The van der Waals surface area contributed by atoms with Gasteiger partial charge >= 0.3 is 6.03 Å². The SMILES string of the molecule is Cc1ccc(N2C(=O)/C(=C\c3ccc4c(c3)OCO4)N=C2SCC(=O)NC(=O)NC2CC2)cc1. The minimum atomic E-state index is -0.503. The molecular formula is C24H22N4O5S. The van der Waals surface area contributed by atoms with Gasteiger partial charge in [-0.05, 0) is 55.7 Å². The summed E-state index contributed by atoms with van der Waals surface area (Å²) in [7, 11) is 0. The summed E-state index contributed by atoms with van der Waals surface area (Å²) in [6.45, 7) is 2.12. The van der Waals surface area contributed by atoms with Crippen molar-refractivity contribution in [2.45, 2.75) is 25.8 Å². The van der Waals surface area contributed by atoms with Gasteiger partial charge in [-0.1, -0.05) is 35.5 Å². The average Bonchev–Trinajstić information content (AvgIpc) is 3.40. The van der Waals surface area contributed by atoms with E-state index in [-0.39, 0.29) is 30.2 Å². The number of carbonyl (C=O) groups excluding carboxylic acids is 3. The molecule has 1 aliphatic carbocycles. The van der Waals surface area contributed by atoms with E-state index in [0.29, 0.717) is 22.4 Å². The first-order valence-electron chi connectivity index (χ1n) is 10.8. The van der Waals surface area contributed by atoms with Crippen LogP contribution in [-0.2, 0) is 9.59 Å². The highest BCUT2D eigenvalue weighted by Crippen LogP contribution is 2.34. The predicted octanol–water partition coefficient (Wildman–Crippen LogP) is 3.19. The second-order valence-electron chi connectivity index (χ2n) is 8.10. The van der Waals surface area contributed by atoms with Crippen LogP contribution in [0.3, 0.4) is 0 Å². The third kappa shape index (κ3) is 4.91. The van der Waals surface area contributed by atoms with E-state index in [9.17, 15) is 14.4 Å². The standard InChI is InChI=1S/C24H22N4O5S/c1-14-2-7-17(8-3-14)28-22(30)18(10-15-4-9-19-20(11-15)33-13-32-19)26-24(28)34-12-21(29)27-23(31)25-16-5-6-16/h2-4,7-11,16H,5-6,12-13H2,1H3,(H2,25,27,29,31)/b18-10+. The number of aliphatic imine (C=N–C) groups is 1. The summed E-state index contributed by atoms with van der Waals surface area (Å²) in [5.74, 6) is 0.419. The molecule has 0 spiro atoms. The largest absolute Gasteiger partial charge is 0.454 e. The number of amides is 4. The van der Waals surface area contributed by atoms with Crippen molar-refractivity contribution in [3.05, 3.63) is 59.3 Å². The fourth-order valence-electron chi connectivity index (χ4n) is 3.42. The van der Waals surface area contributed by atoms with Gasteiger partial charge < -0.3 is 14.8 Å². The summed E-state index contributed by atoms with van der Waals surface area (Å²) in [6, 6.07) is 12.5. The van der Waals surface area contributed by atoms with Crippen molar-refractivity contribution in [2.24, 2.45) is 4.99 Å². The fraction of sp³-hybridized carbons (Fsp3) is 0.250. The van der Waals surface area contributed by atoms with Crippen LogP contribution in [0, 0.1) is 6.92 Å². The monoisotopic (exact) mass is 478 g/mol. The first-order chi connectivity index (χ1) is 16.5. The molecule has 0 atom stereocenters. The zero-order chi connectivity index (χ0) is 23.7. The van der Waals surface area contributed by atoms with Gasteiger partial charge in [-0.2, -0.15) is 0 Å². The molecule has 1 saturated carbocycles. The zero-order valence-electron chi connectivity index (χ0n) is 18.4. The molecule has 0 bridgehead atoms. The predicted molar refractivity (Wildman–Crippen MR) is 129 cm³/mol. The fourth-order valence-corrected chi connectivity index (χ4v) is 4.23. The van der Waals surface area contributed by atoms with Gasteiger partial charge in [0.2, 0.25) is 12.7 Å². The number of rotatable bonds is 5. The molecule has 2 N–H and O–H groups in total. The Kier molecular flexibility index (Phi) is 5.97. The van der Waals surface area contributed by atoms with E-state index >= 15 is 0 Å². The Balaban J connectivity index is 1.36. The van der Waals surface area contributed by atoms with Crippen molar-refractivity contribution in [3.63, 3.8) is 0 Å². The molecule has 2 heterocycles. The number of aryl methyl sites for hydroxylation is 1. The number of imide groups is 1. The number of benzene rings is 2. The lowest BCUT2D eigenvalue weighted by Crippen LogP contribution is -2.41. The molecule has 2 aliphatic heterocycles. The highest BCUT2D eigenvalue weighted by molar-refractivity contribution is 8.14. The lowest BCUT2D eigenvalue weighted by molar-refractivity contribution is -0.117. The molecule has 4 amide bonds. The number of nitrogens with zero attached hydrogens (tertiary/aromatic N) is 2. The van der Waals surface area contributed by atoms with Crippen molar-refractivity contribution >= 4 is 46.5 Å². The lowest BCUT2D eigenvalue weighted by Gasteiger charge is -2.18. The third-order valence-electron chi connectivity index (χ3n) is 5.32. The number of fused-ring (bicyclic) bond motifs is 1. The van der Waals surface area contributed by atoms with Crippen LogP contribution >= 0.6 is 11.8 Å². The molecule has 2 aromatic rings. The van der Waals surface area contributed by atoms with Crippen molar-refractivity contribution in [1.29, 1.82) is 0 Å². The molecule has 3 aliphatic rings. The number of ether oxygens (including phenoxy) is 2. The smallest absolute Gasteiger partial charge is 0.321 e. The second kappa shape index (κ2) is 9.22. The number of hydrogen-bond acceptors (Lipinski definition) is 7. The van der Waals surface area contributed by atoms with Crippen molar-refractivity contribution in [3.8, 4) is 11.5 Å². The molecule has 0 unspecified atom stereocenters. The van der Waals surface area contributed by atoms with Gasteiger partial charge in [0, 0.05) is 6.04 Å². The van der Waals surface area contributed by atoms with E-state index in [2.05, 4.69) is 15.6 Å². The molecule has 10 heteroatoms. The van der Waals surface area contributed by atoms with Crippen LogP contribution in [0.15, 0.2) is 53.2 Å². The van der Waals surface area contributed by atoms with Crippen LogP contribution in [-0.4, -0.2) is 41.6 Å². The molecular weight excluding hydrogens is 456 g/mol. The minimum absolute atomic E-state index is 0.0656. The Morgan fingerprint density at radius 2 is 1.91 bits per heavy atom. The molecule has 0 saturated heterocycles. The summed E-state index contributed by atoms with van der Waals surface area (Å²) in [5, 5.41) is 5.38. The van der Waals surface area contributed by atoms with Crippen LogP contribution in [0.25, 0.3) is 6.08 Å². The average molecular weight is 479 g/mol. The number of urea groups is 1. The molecule has 174 valence electrons. The van der Waals surface area contributed by atoms with Gasteiger partial charge in [0.15, 0.2) is 16.7 Å². The summed E-state index contributed by atoms with van der Waals surface area (Å²) in [5.41, 5.74) is 2.66. The molecule has 2 aromatic carbocycles. The summed E-state index contributed by atoms with van der Waals surface area (Å²) in [4.78, 5) is 43.4. The number of thioether (sulfide) groups is 1. The molecule has 9 nitrogen and oxygen atoms in total. The highest BCUT2D eigenvalue weighted by Gasteiger charge is 2.33. The number of amidine groups is 1. The van der Waals surface area contributed by atoms with E-state index in [4.69, 9.17) is 9.47 Å². The lowest BCUT2D eigenvalue weighted by atomic mass is 10.1. The molecule has 0 radical (unpaired) electrons. The Morgan fingerprint density at radius 3 is 2.68 bits per heavy atom. The Morgan fingerprint density at radius 1 is 1.15 bits per heavy atom. The summed E-state index contributed by atoms with van der Waals surface area (Å²) < 4.78 is 10.8. The Hall–Kier alpha value is -3.79. The first-order valence-corrected chi connectivity index (χ1v) is 11.8. The van der Waals surface area contributed by atoms with Crippen molar-refractivity contribution in [2.75, 3.05) is 17.4 Å². The minimum Gasteiger partial charge on any atom is -0.454 e. The quantitative estimate of drug-likeness (QED) is 0.639. The van der Waals surface area contributed by atoms with Gasteiger partial charge in [-0.25, -0.2) is 9.79 Å². The molecule has 34 heavy (non-hydrogen) atoms. The van der Waals surface area contributed by atoms with Gasteiger partial charge in [0.25, 0.3) is 5.91 Å². The van der Waals surface area contributed by atoms with E-state index in [1.165, 1.54) is 4.90 Å². The summed E-state index contributed by atoms with van der Waals surface area (Å²) >= 11 is 1.09. The number of nitrogens with one attached hydrogen (secondary N) is 2. The number of carbonyl (C=O) groups is 3. The maximum Gasteiger partial charge on any atom is 0.321 e. The molecule has 1 fully saturated rings. The molecule has 5 rings (SSSR count). The first kappa shape index (κ1) is 22.0. The van der Waals surface area contributed by atoms with Crippen LogP contribution in [0.2, 0.25) is 0 Å². The Bertz CT molecular complexity index is 1220. The van der Waals surface area contributed by atoms with E-state index in [1.807, 2.05) is 37.3 Å². The van der Waals surface area contributed by atoms with E-state index < -0.39 is 11.9 Å². The van der Waals surface area contributed by atoms with Crippen LogP contribution < -0.4 is 25.0 Å². The van der Waals surface area contributed by atoms with Gasteiger partial charge in [-0.15, -0.1) is 0 Å². The maximum atomic E-state index is 13.3. The van der Waals surface area contributed by atoms with Crippen LogP contribution in [0.1, 0.15) is 24.0 Å². The van der Waals surface area contributed by atoms with Crippen LogP contribution in [0.4, 0.5) is 10.5 Å². The summed E-state index contributed by atoms with van der Waals surface area (Å²) in [6.07, 6.45) is 3.53. The third-order valence-corrected chi connectivity index (χ3v) is 6.26. The Labute approximate surface area is 200 Å². The van der Waals surface area contributed by atoms with Crippen molar-refractivity contribution < 1.29 is 23.9 Å². The van der Waals surface area contributed by atoms with Gasteiger partial charge in [0.1, 0.15) is 5.70 Å². The van der Waals surface area contributed by atoms with Crippen molar-refractivity contribution in [1.82, 2.24) is 10.6 Å². The topological polar surface area (TPSA) is 109 Å². The highest BCUT2D eigenvalue weighted by atomic mass is 32.2. The number of hydrogen-bond donors (Lipinski definition) is 2. The maximum absolute atomic E-state index is 13.3. The van der Waals surface area contributed by atoms with E-state index in [1.54, 1.807) is 18.2 Å². The zero-order valence-corrected chi connectivity index (χ0v) is 19.2. The normalized spacial score (nSPS) is 17.7. The number of anilines is 1. The second-order valence-corrected chi connectivity index (χ2v) is 9.04. The van der Waals surface area contributed by atoms with Gasteiger partial charge in [0.05, 0.1) is 11.4 Å². The van der Waals surface area contributed by atoms with Gasteiger partial charge in [-0.3, -0.25) is 19.8 Å². The van der Waals surface area contributed by atoms with E-state index in [0.717, 1.165) is 35.7 Å². The molecule has 0 aromatic heterocycles. The van der Waals surface area contributed by atoms with Crippen LogP contribution in [0.5, 0.6) is 11.5 Å².